The molecular weight excluding hydrogens is 705 g/mol. The molecule has 208 valence electrons. The molecule has 0 fully saturated rings. The summed E-state index contributed by atoms with van der Waals surface area (Å²) in [6, 6.07) is 46.8. The topological polar surface area (TPSA) is 23.8 Å². The van der Waals surface area contributed by atoms with Crippen molar-refractivity contribution in [3.8, 4) is 11.3 Å². The summed E-state index contributed by atoms with van der Waals surface area (Å²) in [5.74, 6) is 0. The first-order chi connectivity index (χ1) is 20.7. The fourth-order valence-corrected chi connectivity index (χ4v) is 6.13. The number of para-hydroxylation sites is 4. The molecule has 43 heavy (non-hydrogen) atoms. The van der Waals surface area contributed by atoms with Crippen LogP contribution >= 0.6 is 0 Å². The Labute approximate surface area is 264 Å². The molecule has 0 unspecified atom stereocenters. The predicted octanol–water partition coefficient (Wildman–Crippen LogP) is 9.20. The van der Waals surface area contributed by atoms with E-state index in [1.165, 1.54) is 55.0 Å². The van der Waals surface area contributed by atoms with Gasteiger partial charge in [-0.15, -0.1) is 53.0 Å². The quantitative estimate of drug-likeness (QED) is 0.166. The van der Waals surface area contributed by atoms with Crippen molar-refractivity contribution >= 4 is 55.2 Å². The van der Waals surface area contributed by atoms with E-state index in [9.17, 15) is 0 Å². The van der Waals surface area contributed by atoms with Crippen LogP contribution in [0.5, 0.6) is 0 Å². The van der Waals surface area contributed by atoms with Gasteiger partial charge in [0.15, 0.2) is 0 Å². The Morgan fingerprint density at radius 1 is 0.698 bits per heavy atom. The van der Waals surface area contributed by atoms with Crippen molar-refractivity contribution in [3.05, 3.63) is 146 Å². The van der Waals surface area contributed by atoms with Crippen LogP contribution in [0.3, 0.4) is 0 Å². The van der Waals surface area contributed by atoms with E-state index >= 15 is 0 Å². The van der Waals surface area contributed by atoms with Crippen molar-refractivity contribution in [2.45, 2.75) is 6.92 Å². The van der Waals surface area contributed by atoms with Crippen LogP contribution in [0.15, 0.2) is 121 Å². The van der Waals surface area contributed by atoms with E-state index in [4.69, 9.17) is 0 Å². The number of hydrogen-bond donors (Lipinski definition) is 0. The molecule has 0 atom stereocenters. The largest absolute Gasteiger partial charge is 3.00 e. The third-order valence-electron chi connectivity index (χ3n) is 8.11. The molecule has 0 saturated carbocycles. The zero-order valence-corrected chi connectivity index (χ0v) is 26.1. The van der Waals surface area contributed by atoms with Gasteiger partial charge in [-0.05, 0) is 48.8 Å². The molecule has 9 rings (SSSR count). The Morgan fingerprint density at radius 2 is 1.44 bits per heavy atom. The van der Waals surface area contributed by atoms with Crippen molar-refractivity contribution in [1.82, 2.24) is 9.38 Å². The monoisotopic (exact) mass is 732 g/mol. The van der Waals surface area contributed by atoms with Crippen molar-refractivity contribution in [2.24, 2.45) is 0 Å². The number of aromatic nitrogens is 2. The number of anilines is 3. The van der Waals surface area contributed by atoms with Crippen LogP contribution in [0.2, 0.25) is 0 Å². The van der Waals surface area contributed by atoms with Crippen LogP contribution < -0.4 is 9.80 Å². The maximum Gasteiger partial charge on any atom is 3.00 e. The Kier molecular flexibility index (Phi) is 6.85. The molecule has 5 aromatic carbocycles. The normalized spacial score (nSPS) is 12.5. The average molecular weight is 732 g/mol. The van der Waals surface area contributed by atoms with Crippen LogP contribution in [0, 0.1) is 25.7 Å². The molecule has 5 heteroatoms. The van der Waals surface area contributed by atoms with E-state index in [0.29, 0.717) is 0 Å². The molecule has 4 heterocycles. The molecule has 4 nitrogen and oxygen atoms in total. The fraction of sp³-hybridized carbons (Fsp3) is 0.0526. The number of aryl methyl sites for hydroxylation is 1. The standard InChI is InChI=1S/C26H17N3.C12H10N.Ir/c1-27-16-28(24-12-5-4-11-23(24)27)17-13-14-19-21-9-6-8-20-18-7-2-3-10-22(18)29(26(20)21)25(19)15-17;1-10-7-8-12(13-9-10)11-5-3-2-4-6-11;/h2-12,14-16H,1H3;2-5,7-9H,1H3;/q-2;-1;+3. The fourth-order valence-electron chi connectivity index (χ4n) is 6.13. The second-order valence-electron chi connectivity index (χ2n) is 10.8. The molecule has 0 radical (unpaired) electrons. The van der Waals surface area contributed by atoms with Gasteiger partial charge in [-0.1, -0.05) is 66.2 Å². The van der Waals surface area contributed by atoms with Crippen LogP contribution in [0.4, 0.5) is 17.1 Å². The summed E-state index contributed by atoms with van der Waals surface area (Å²) in [4.78, 5) is 8.70. The molecule has 1 aliphatic heterocycles. The van der Waals surface area contributed by atoms with Gasteiger partial charge < -0.3 is 19.2 Å². The van der Waals surface area contributed by atoms with Gasteiger partial charge in [0.2, 0.25) is 0 Å². The van der Waals surface area contributed by atoms with E-state index in [0.717, 1.165) is 16.9 Å². The van der Waals surface area contributed by atoms with Gasteiger partial charge in [-0.3, -0.25) is 0 Å². The first kappa shape index (κ1) is 27.2. The predicted molar refractivity (Wildman–Crippen MR) is 174 cm³/mol. The molecule has 8 aromatic rings. The molecule has 0 aliphatic carbocycles. The maximum atomic E-state index is 4.32. The minimum atomic E-state index is 0. The zero-order chi connectivity index (χ0) is 28.2. The Morgan fingerprint density at radius 3 is 2.23 bits per heavy atom. The van der Waals surface area contributed by atoms with Crippen LogP contribution in [-0.4, -0.2) is 16.4 Å². The number of fused-ring (bicyclic) bond motifs is 7. The van der Waals surface area contributed by atoms with Gasteiger partial charge in [-0.2, -0.15) is 18.8 Å². The summed E-state index contributed by atoms with van der Waals surface area (Å²) >= 11 is 0. The minimum absolute atomic E-state index is 0. The van der Waals surface area contributed by atoms with E-state index in [1.54, 1.807) is 0 Å². The van der Waals surface area contributed by atoms with Gasteiger partial charge in [0, 0.05) is 33.9 Å². The first-order valence-electron chi connectivity index (χ1n) is 14.1. The number of pyridine rings is 1. The number of nitrogens with zero attached hydrogens (tertiary/aromatic N) is 4. The second-order valence-corrected chi connectivity index (χ2v) is 10.8. The average Bonchev–Trinajstić information content (AvgIpc) is 3.69. The van der Waals surface area contributed by atoms with Gasteiger partial charge in [0.1, 0.15) is 0 Å². The van der Waals surface area contributed by atoms with Crippen molar-refractivity contribution in [1.29, 1.82) is 0 Å². The molecule has 0 saturated heterocycles. The SMILES string of the molecule is CN1[CH-]N(c2[c-]cc3c4cccc5c6ccccc6n(c3c2)c54)c2ccccc21.Cc1ccc(-c2[c-]cccc2)nc1.[Ir+3]. The van der Waals surface area contributed by atoms with E-state index < -0.39 is 0 Å². The van der Waals surface area contributed by atoms with Crippen LogP contribution in [0.1, 0.15) is 5.56 Å². The molecular formula is C38H27IrN4. The summed E-state index contributed by atoms with van der Waals surface area (Å²) < 4.78 is 2.42. The Balaban J connectivity index is 0.000000182. The molecule has 0 amide bonds. The summed E-state index contributed by atoms with van der Waals surface area (Å²) in [5, 5.41) is 5.16. The zero-order valence-electron chi connectivity index (χ0n) is 23.7. The third-order valence-corrected chi connectivity index (χ3v) is 8.11. The van der Waals surface area contributed by atoms with E-state index in [-0.39, 0.29) is 20.1 Å². The van der Waals surface area contributed by atoms with Crippen molar-refractivity contribution in [3.63, 3.8) is 0 Å². The van der Waals surface area contributed by atoms with Crippen molar-refractivity contribution in [2.75, 3.05) is 16.8 Å². The molecule has 0 bridgehead atoms. The molecule has 0 N–H and O–H groups in total. The summed E-state index contributed by atoms with van der Waals surface area (Å²) in [7, 11) is 2.09. The van der Waals surface area contributed by atoms with Crippen LogP contribution in [-0.2, 0) is 20.1 Å². The number of hydrogen-bond acceptors (Lipinski definition) is 3. The number of rotatable bonds is 2. The van der Waals surface area contributed by atoms with Gasteiger partial charge in [-0.25, -0.2) is 0 Å². The third kappa shape index (κ3) is 4.44. The summed E-state index contributed by atoms with van der Waals surface area (Å²) in [6.07, 6.45) is 1.87. The second kappa shape index (κ2) is 10.9. The van der Waals surface area contributed by atoms with E-state index in [1.807, 2.05) is 43.5 Å². The summed E-state index contributed by atoms with van der Waals surface area (Å²) in [5.41, 5.74) is 10.4. The van der Waals surface area contributed by atoms with Gasteiger partial charge in [0.25, 0.3) is 0 Å². The number of benzene rings is 5. The maximum absolute atomic E-state index is 4.32. The molecule has 0 spiro atoms. The molecule has 3 aromatic heterocycles. The van der Waals surface area contributed by atoms with Crippen molar-refractivity contribution < 1.29 is 20.1 Å². The smallest absolute Gasteiger partial charge is 0.504 e. The Bertz CT molecular complexity index is 2200. The molecule has 1 aliphatic rings. The minimum Gasteiger partial charge on any atom is -0.504 e. The Hall–Kier alpha value is -4.70. The summed E-state index contributed by atoms with van der Waals surface area (Å²) in [6.45, 7) is 4.17. The first-order valence-corrected chi connectivity index (χ1v) is 14.1. The van der Waals surface area contributed by atoms with Crippen LogP contribution in [0.25, 0.3) is 49.4 Å². The van der Waals surface area contributed by atoms with Gasteiger partial charge in [0.05, 0.1) is 5.52 Å². The van der Waals surface area contributed by atoms with Gasteiger partial charge >= 0.3 is 20.1 Å². The van der Waals surface area contributed by atoms with E-state index in [2.05, 4.69) is 130 Å².